The molecule has 0 aromatic rings. The Morgan fingerprint density at radius 2 is 2.10 bits per heavy atom. The van der Waals surface area contributed by atoms with Gasteiger partial charge in [0.25, 0.3) is 0 Å². The number of hydrogen-bond acceptors (Lipinski definition) is 2. The van der Waals surface area contributed by atoms with Gasteiger partial charge < -0.3 is 4.74 Å². The van der Waals surface area contributed by atoms with Crippen LogP contribution >= 0.6 is 0 Å². The predicted molar refractivity (Wildman–Crippen MR) is 40.4 cm³/mol. The molecule has 0 bridgehead atoms. The summed E-state index contributed by atoms with van der Waals surface area (Å²) in [4.78, 5) is 10.4. The van der Waals surface area contributed by atoms with E-state index in [1.54, 1.807) is 6.92 Å². The molecule has 0 aliphatic carbocycles. The molecule has 0 aromatic heterocycles. The van der Waals surface area contributed by atoms with E-state index < -0.39 is 0 Å². The third-order valence-electron chi connectivity index (χ3n) is 1.03. The summed E-state index contributed by atoms with van der Waals surface area (Å²) in [6.45, 7) is 5.28. The Hall–Kier alpha value is -0.790. The van der Waals surface area contributed by atoms with Crippen molar-refractivity contribution >= 4 is 5.97 Å². The van der Waals surface area contributed by atoms with Crippen molar-refractivity contribution in [3.05, 3.63) is 11.8 Å². The average Bonchev–Trinajstić information content (AvgIpc) is 1.82. The third-order valence-corrected chi connectivity index (χ3v) is 1.03. The van der Waals surface area contributed by atoms with Crippen molar-refractivity contribution in [1.82, 2.24) is 0 Å². The zero-order valence-corrected chi connectivity index (χ0v) is 6.81. The lowest BCUT2D eigenvalue weighted by Gasteiger charge is -1.98. The summed E-state index contributed by atoms with van der Waals surface area (Å²) in [5, 5.41) is 0. The average molecular weight is 142 g/mol. The van der Waals surface area contributed by atoms with Crippen LogP contribution in [0.15, 0.2) is 11.8 Å². The number of unbranched alkanes of at least 4 members (excludes halogenated alkanes) is 1. The monoisotopic (exact) mass is 142 g/mol. The van der Waals surface area contributed by atoms with Gasteiger partial charge in [0.15, 0.2) is 0 Å². The quantitative estimate of drug-likeness (QED) is 0.446. The van der Waals surface area contributed by atoms with Crippen molar-refractivity contribution < 1.29 is 9.53 Å². The molecule has 0 saturated carbocycles. The van der Waals surface area contributed by atoms with Gasteiger partial charge in [-0.3, -0.25) is 4.79 Å². The molecule has 58 valence electrons. The van der Waals surface area contributed by atoms with E-state index in [9.17, 15) is 4.79 Å². The minimum atomic E-state index is -0.246. The lowest BCUT2D eigenvalue weighted by molar-refractivity contribution is -0.136. The Kier molecular flexibility index (Phi) is 4.63. The molecule has 0 unspecified atom stereocenters. The predicted octanol–water partition coefficient (Wildman–Crippen LogP) is 2.25. The van der Waals surface area contributed by atoms with Crippen LogP contribution in [0, 0.1) is 0 Å². The number of allylic oxidation sites excluding steroid dienone is 2. The molecule has 10 heavy (non-hydrogen) atoms. The van der Waals surface area contributed by atoms with Crippen molar-refractivity contribution in [1.29, 1.82) is 0 Å². The van der Waals surface area contributed by atoms with Gasteiger partial charge in [0, 0.05) is 6.92 Å². The van der Waals surface area contributed by atoms with Crippen molar-refractivity contribution in [2.75, 3.05) is 0 Å². The summed E-state index contributed by atoms with van der Waals surface area (Å²) >= 11 is 0. The molecule has 0 amide bonds. The van der Waals surface area contributed by atoms with Gasteiger partial charge in [0.2, 0.25) is 0 Å². The second kappa shape index (κ2) is 5.03. The summed E-state index contributed by atoms with van der Waals surface area (Å²) in [7, 11) is 0. The molecule has 0 radical (unpaired) electrons. The third kappa shape index (κ3) is 5.35. The SMILES string of the molecule is CCCC=C(C)OC(C)=O. The first kappa shape index (κ1) is 9.21. The fourth-order valence-corrected chi connectivity index (χ4v) is 0.616. The van der Waals surface area contributed by atoms with Crippen LogP contribution in [-0.4, -0.2) is 5.97 Å². The highest BCUT2D eigenvalue weighted by molar-refractivity contribution is 5.67. The van der Waals surface area contributed by atoms with Gasteiger partial charge in [-0.25, -0.2) is 0 Å². The van der Waals surface area contributed by atoms with Crippen molar-refractivity contribution in [3.8, 4) is 0 Å². The van der Waals surface area contributed by atoms with Crippen LogP contribution in [0.1, 0.15) is 33.6 Å². The fraction of sp³-hybridized carbons (Fsp3) is 0.625. The van der Waals surface area contributed by atoms with Crippen molar-refractivity contribution in [2.45, 2.75) is 33.6 Å². The van der Waals surface area contributed by atoms with Gasteiger partial charge in [0.05, 0.1) is 0 Å². The Morgan fingerprint density at radius 3 is 2.50 bits per heavy atom. The topological polar surface area (TPSA) is 26.3 Å². The molecular formula is C8H14O2. The molecule has 0 atom stereocenters. The lowest BCUT2D eigenvalue weighted by atomic mass is 10.3. The molecular weight excluding hydrogens is 128 g/mol. The van der Waals surface area contributed by atoms with E-state index in [2.05, 4.69) is 6.92 Å². The second-order valence-corrected chi connectivity index (χ2v) is 2.20. The van der Waals surface area contributed by atoms with E-state index in [0.717, 1.165) is 12.8 Å². The molecule has 0 saturated heterocycles. The molecule has 0 heterocycles. The molecule has 0 aromatic carbocycles. The van der Waals surface area contributed by atoms with Gasteiger partial charge in [0.1, 0.15) is 5.76 Å². The summed E-state index contributed by atoms with van der Waals surface area (Å²) in [5.74, 6) is 0.458. The number of hydrogen-bond donors (Lipinski definition) is 0. The van der Waals surface area contributed by atoms with E-state index in [1.807, 2.05) is 6.08 Å². The van der Waals surface area contributed by atoms with Crippen molar-refractivity contribution in [3.63, 3.8) is 0 Å². The van der Waals surface area contributed by atoms with Crippen LogP contribution in [0.25, 0.3) is 0 Å². The highest BCUT2D eigenvalue weighted by Crippen LogP contribution is 1.99. The zero-order chi connectivity index (χ0) is 7.98. The molecule has 2 nitrogen and oxygen atoms in total. The van der Waals surface area contributed by atoms with Crippen LogP contribution in [-0.2, 0) is 9.53 Å². The molecule has 0 aliphatic heterocycles. The second-order valence-electron chi connectivity index (χ2n) is 2.20. The molecule has 0 fully saturated rings. The highest BCUT2D eigenvalue weighted by Gasteiger charge is 1.92. The zero-order valence-electron chi connectivity index (χ0n) is 6.81. The van der Waals surface area contributed by atoms with Crippen LogP contribution in [0.5, 0.6) is 0 Å². The summed E-state index contributed by atoms with van der Waals surface area (Å²) < 4.78 is 4.77. The summed E-state index contributed by atoms with van der Waals surface area (Å²) in [6, 6.07) is 0. The normalized spacial score (nSPS) is 11.3. The largest absolute Gasteiger partial charge is 0.432 e. The van der Waals surface area contributed by atoms with Gasteiger partial charge >= 0.3 is 5.97 Å². The minimum absolute atomic E-state index is 0.246. The van der Waals surface area contributed by atoms with Gasteiger partial charge in [-0.2, -0.15) is 0 Å². The summed E-state index contributed by atoms with van der Waals surface area (Å²) in [6.07, 6.45) is 3.97. The number of rotatable bonds is 3. The maximum absolute atomic E-state index is 10.4. The number of esters is 1. The van der Waals surface area contributed by atoms with E-state index in [1.165, 1.54) is 6.92 Å². The van der Waals surface area contributed by atoms with Gasteiger partial charge in [-0.1, -0.05) is 13.3 Å². The van der Waals surface area contributed by atoms with Crippen LogP contribution in [0.2, 0.25) is 0 Å². The maximum atomic E-state index is 10.4. The smallest absolute Gasteiger partial charge is 0.307 e. The van der Waals surface area contributed by atoms with E-state index in [0.29, 0.717) is 5.76 Å². The Balaban J connectivity index is 3.59. The molecule has 2 heteroatoms. The first-order valence-electron chi connectivity index (χ1n) is 3.52. The number of carbonyl (C=O) groups excluding carboxylic acids is 1. The lowest BCUT2D eigenvalue weighted by Crippen LogP contribution is -1.95. The number of carbonyl (C=O) groups is 1. The Labute approximate surface area is 61.9 Å². The first-order valence-corrected chi connectivity index (χ1v) is 3.52. The fourth-order valence-electron chi connectivity index (χ4n) is 0.616. The van der Waals surface area contributed by atoms with Gasteiger partial charge in [-0.15, -0.1) is 0 Å². The molecule has 0 rings (SSSR count). The minimum Gasteiger partial charge on any atom is -0.432 e. The van der Waals surface area contributed by atoms with Crippen LogP contribution < -0.4 is 0 Å². The van der Waals surface area contributed by atoms with Crippen LogP contribution in [0.3, 0.4) is 0 Å². The van der Waals surface area contributed by atoms with E-state index >= 15 is 0 Å². The van der Waals surface area contributed by atoms with Gasteiger partial charge in [-0.05, 0) is 19.4 Å². The Bertz CT molecular complexity index is 136. The van der Waals surface area contributed by atoms with Crippen molar-refractivity contribution in [2.24, 2.45) is 0 Å². The van der Waals surface area contributed by atoms with Crippen LogP contribution in [0.4, 0.5) is 0 Å². The maximum Gasteiger partial charge on any atom is 0.307 e. The molecule has 0 spiro atoms. The Morgan fingerprint density at radius 1 is 1.50 bits per heavy atom. The first-order chi connectivity index (χ1) is 4.66. The number of ether oxygens (including phenoxy) is 1. The highest BCUT2D eigenvalue weighted by atomic mass is 16.5. The van der Waals surface area contributed by atoms with E-state index in [4.69, 9.17) is 4.74 Å². The molecule has 0 N–H and O–H groups in total. The molecule has 0 aliphatic rings. The standard InChI is InChI=1S/C8H14O2/c1-4-5-6-7(2)10-8(3)9/h6H,4-5H2,1-3H3. The van der Waals surface area contributed by atoms with E-state index in [-0.39, 0.29) is 5.97 Å². The summed E-state index contributed by atoms with van der Waals surface area (Å²) in [5.41, 5.74) is 0.